The summed E-state index contributed by atoms with van der Waals surface area (Å²) < 4.78 is 15.5. The van der Waals surface area contributed by atoms with E-state index in [4.69, 9.17) is 14.2 Å². The maximum absolute atomic E-state index is 11.3. The van der Waals surface area contributed by atoms with E-state index in [0.29, 0.717) is 13.2 Å². The quantitative estimate of drug-likeness (QED) is 0.627. The summed E-state index contributed by atoms with van der Waals surface area (Å²) in [6.45, 7) is 5.21. The number of carbonyl (C=O) groups excluding carboxylic acids is 1. The Bertz CT molecular complexity index is 175. The van der Waals surface area contributed by atoms with E-state index in [-0.39, 0.29) is 12.1 Å². The maximum Gasteiger partial charge on any atom is 0.335 e. The molecule has 2 unspecified atom stereocenters. The van der Waals surface area contributed by atoms with E-state index in [9.17, 15) is 4.79 Å². The fourth-order valence-electron chi connectivity index (χ4n) is 1.39. The molecule has 1 rings (SSSR count). The van der Waals surface area contributed by atoms with Crippen molar-refractivity contribution in [1.29, 1.82) is 0 Å². The summed E-state index contributed by atoms with van der Waals surface area (Å²) in [6, 6.07) is 0. The van der Waals surface area contributed by atoms with Crippen LogP contribution in [0.15, 0.2) is 0 Å². The van der Waals surface area contributed by atoms with Gasteiger partial charge in [0.1, 0.15) is 6.61 Å². The van der Waals surface area contributed by atoms with Gasteiger partial charge >= 0.3 is 5.97 Å². The van der Waals surface area contributed by atoms with Crippen molar-refractivity contribution in [2.45, 2.75) is 38.9 Å². The zero-order valence-electron chi connectivity index (χ0n) is 8.82. The summed E-state index contributed by atoms with van der Waals surface area (Å²) in [5, 5.41) is 0. The lowest BCUT2D eigenvalue weighted by Gasteiger charge is -2.13. The molecular weight excluding hydrogens is 184 g/mol. The molecule has 1 fully saturated rings. The summed E-state index contributed by atoms with van der Waals surface area (Å²) >= 11 is 0. The van der Waals surface area contributed by atoms with E-state index in [1.54, 1.807) is 6.92 Å². The standard InChI is InChI=1S/C10H18O4/c1-3-12-8(2)10(11)14-7-9-5-4-6-13-9/h8-9H,3-7H2,1-2H3. The van der Waals surface area contributed by atoms with E-state index in [0.717, 1.165) is 19.4 Å². The van der Waals surface area contributed by atoms with Gasteiger partial charge in [-0.1, -0.05) is 0 Å². The molecule has 4 nitrogen and oxygen atoms in total. The lowest BCUT2D eigenvalue weighted by atomic mass is 10.2. The average Bonchev–Trinajstić information content (AvgIpc) is 2.67. The van der Waals surface area contributed by atoms with Crippen LogP contribution in [0.3, 0.4) is 0 Å². The van der Waals surface area contributed by atoms with Crippen molar-refractivity contribution in [3.8, 4) is 0 Å². The Hall–Kier alpha value is -0.610. The zero-order chi connectivity index (χ0) is 10.4. The Balaban J connectivity index is 2.13. The minimum atomic E-state index is -0.471. The number of hydrogen-bond donors (Lipinski definition) is 0. The number of esters is 1. The molecule has 0 amide bonds. The molecule has 0 saturated carbocycles. The highest BCUT2D eigenvalue weighted by molar-refractivity contribution is 5.74. The number of rotatable bonds is 5. The first kappa shape index (κ1) is 11.5. The molecule has 0 spiro atoms. The molecule has 14 heavy (non-hydrogen) atoms. The molecule has 4 heteroatoms. The Labute approximate surface area is 84.5 Å². The van der Waals surface area contributed by atoms with Crippen LogP contribution >= 0.6 is 0 Å². The molecular formula is C10H18O4. The molecule has 0 bridgehead atoms. The van der Waals surface area contributed by atoms with Crippen LogP contribution < -0.4 is 0 Å². The van der Waals surface area contributed by atoms with Crippen LogP contribution in [0.25, 0.3) is 0 Å². The first-order chi connectivity index (χ1) is 6.74. The molecule has 0 aliphatic carbocycles. The summed E-state index contributed by atoms with van der Waals surface area (Å²) in [6.07, 6.45) is 1.66. The summed E-state index contributed by atoms with van der Waals surface area (Å²) in [5.41, 5.74) is 0. The third kappa shape index (κ3) is 3.64. The van der Waals surface area contributed by atoms with Gasteiger partial charge in [-0.3, -0.25) is 0 Å². The largest absolute Gasteiger partial charge is 0.461 e. The van der Waals surface area contributed by atoms with Crippen molar-refractivity contribution < 1.29 is 19.0 Å². The molecule has 1 aliphatic rings. The molecule has 0 N–H and O–H groups in total. The van der Waals surface area contributed by atoms with Crippen LogP contribution in [0.5, 0.6) is 0 Å². The third-order valence-electron chi connectivity index (χ3n) is 2.18. The Morgan fingerprint density at radius 3 is 3.00 bits per heavy atom. The van der Waals surface area contributed by atoms with Crippen LogP contribution in [-0.2, 0) is 19.0 Å². The summed E-state index contributed by atoms with van der Waals surface area (Å²) in [4.78, 5) is 11.3. The molecule has 0 aromatic heterocycles. The lowest BCUT2D eigenvalue weighted by molar-refractivity contribution is -0.158. The van der Waals surface area contributed by atoms with Gasteiger partial charge in [-0.15, -0.1) is 0 Å². The second kappa shape index (κ2) is 5.98. The first-order valence-corrected chi connectivity index (χ1v) is 5.14. The van der Waals surface area contributed by atoms with Crippen LogP contribution in [0.1, 0.15) is 26.7 Å². The molecule has 82 valence electrons. The highest BCUT2D eigenvalue weighted by atomic mass is 16.6. The third-order valence-corrected chi connectivity index (χ3v) is 2.18. The van der Waals surface area contributed by atoms with Crippen LogP contribution in [0.4, 0.5) is 0 Å². The monoisotopic (exact) mass is 202 g/mol. The van der Waals surface area contributed by atoms with E-state index >= 15 is 0 Å². The average molecular weight is 202 g/mol. The summed E-state index contributed by atoms with van der Waals surface area (Å²) in [5.74, 6) is -0.303. The van der Waals surface area contributed by atoms with Crippen molar-refractivity contribution in [1.82, 2.24) is 0 Å². The highest BCUT2D eigenvalue weighted by Crippen LogP contribution is 2.12. The van der Waals surface area contributed by atoms with Crippen molar-refractivity contribution in [2.75, 3.05) is 19.8 Å². The van der Waals surface area contributed by atoms with E-state index in [1.807, 2.05) is 6.92 Å². The van der Waals surface area contributed by atoms with E-state index in [1.165, 1.54) is 0 Å². The molecule has 1 heterocycles. The Morgan fingerprint density at radius 1 is 1.64 bits per heavy atom. The molecule has 0 aromatic rings. The van der Waals surface area contributed by atoms with Crippen LogP contribution in [0, 0.1) is 0 Å². The van der Waals surface area contributed by atoms with Crippen molar-refractivity contribution in [3.05, 3.63) is 0 Å². The molecule has 0 radical (unpaired) electrons. The minimum absolute atomic E-state index is 0.0905. The molecule has 1 aliphatic heterocycles. The van der Waals surface area contributed by atoms with Crippen LogP contribution in [0.2, 0.25) is 0 Å². The fourth-order valence-corrected chi connectivity index (χ4v) is 1.39. The van der Waals surface area contributed by atoms with E-state index in [2.05, 4.69) is 0 Å². The first-order valence-electron chi connectivity index (χ1n) is 5.14. The van der Waals surface area contributed by atoms with E-state index < -0.39 is 6.10 Å². The second-order valence-corrected chi connectivity index (χ2v) is 3.36. The maximum atomic E-state index is 11.3. The Morgan fingerprint density at radius 2 is 2.43 bits per heavy atom. The lowest BCUT2D eigenvalue weighted by Crippen LogP contribution is -2.27. The van der Waals surface area contributed by atoms with Gasteiger partial charge in [0.15, 0.2) is 6.10 Å². The predicted molar refractivity (Wildman–Crippen MR) is 51.0 cm³/mol. The fraction of sp³-hybridized carbons (Fsp3) is 0.900. The van der Waals surface area contributed by atoms with Gasteiger partial charge in [0, 0.05) is 13.2 Å². The molecule has 1 saturated heterocycles. The number of ether oxygens (including phenoxy) is 3. The molecule has 2 atom stereocenters. The topological polar surface area (TPSA) is 44.8 Å². The van der Waals surface area contributed by atoms with Crippen molar-refractivity contribution >= 4 is 5.97 Å². The van der Waals surface area contributed by atoms with Gasteiger partial charge in [0.25, 0.3) is 0 Å². The minimum Gasteiger partial charge on any atom is -0.461 e. The summed E-state index contributed by atoms with van der Waals surface area (Å²) in [7, 11) is 0. The van der Waals surface area contributed by atoms with Gasteiger partial charge in [-0.25, -0.2) is 4.79 Å². The van der Waals surface area contributed by atoms with Gasteiger partial charge in [0.2, 0.25) is 0 Å². The SMILES string of the molecule is CCOC(C)C(=O)OCC1CCCO1. The predicted octanol–water partition coefficient (Wildman–Crippen LogP) is 1.13. The number of carbonyl (C=O) groups is 1. The van der Waals surface area contributed by atoms with Gasteiger partial charge in [0.05, 0.1) is 6.10 Å². The van der Waals surface area contributed by atoms with Gasteiger partial charge in [-0.2, -0.15) is 0 Å². The zero-order valence-corrected chi connectivity index (χ0v) is 8.82. The second-order valence-electron chi connectivity index (χ2n) is 3.36. The normalized spacial score (nSPS) is 23.4. The number of hydrogen-bond acceptors (Lipinski definition) is 4. The van der Waals surface area contributed by atoms with Gasteiger partial charge in [-0.05, 0) is 26.7 Å². The molecule has 0 aromatic carbocycles. The van der Waals surface area contributed by atoms with Crippen LogP contribution in [-0.4, -0.2) is 38.0 Å². The van der Waals surface area contributed by atoms with Crippen molar-refractivity contribution in [3.63, 3.8) is 0 Å². The smallest absolute Gasteiger partial charge is 0.335 e. The Kier molecular flexibility index (Phi) is 4.90. The van der Waals surface area contributed by atoms with Gasteiger partial charge < -0.3 is 14.2 Å². The highest BCUT2D eigenvalue weighted by Gasteiger charge is 2.20. The van der Waals surface area contributed by atoms with Crippen molar-refractivity contribution in [2.24, 2.45) is 0 Å².